The number of hydrogen-bond acceptors (Lipinski definition) is 5. The standard InChI is InChI=1S/C33H48O5/c1-21-18-23(15-16-24(21)30(2,3)4)36-27(34)17-14-22-19-25(31(5,6)7)28(26(20-22)32(8,9)10)37-29(35)38-33(11,12)13/h15-16,18-20H,14,17H2,1-13H3. The lowest BCUT2D eigenvalue weighted by Crippen LogP contribution is -2.28. The van der Waals surface area contributed by atoms with E-state index in [4.69, 9.17) is 14.2 Å². The number of ether oxygens (including phenoxy) is 3. The smallest absolute Gasteiger partial charge is 0.428 e. The van der Waals surface area contributed by atoms with E-state index in [1.165, 1.54) is 5.56 Å². The summed E-state index contributed by atoms with van der Waals surface area (Å²) < 4.78 is 17.0. The van der Waals surface area contributed by atoms with E-state index < -0.39 is 11.8 Å². The molecule has 210 valence electrons. The summed E-state index contributed by atoms with van der Waals surface area (Å²) in [4.78, 5) is 25.4. The van der Waals surface area contributed by atoms with Crippen LogP contribution in [-0.4, -0.2) is 17.7 Å². The number of aryl methyl sites for hydroxylation is 2. The van der Waals surface area contributed by atoms with Crippen molar-refractivity contribution in [2.75, 3.05) is 0 Å². The minimum atomic E-state index is -0.724. The zero-order valence-corrected chi connectivity index (χ0v) is 25.8. The van der Waals surface area contributed by atoms with Gasteiger partial charge in [-0.1, -0.05) is 80.5 Å². The van der Waals surface area contributed by atoms with Crippen LogP contribution >= 0.6 is 0 Å². The molecule has 0 heterocycles. The van der Waals surface area contributed by atoms with Crippen molar-refractivity contribution in [2.45, 2.75) is 125 Å². The number of hydrogen-bond donors (Lipinski definition) is 0. The third-order valence-corrected chi connectivity index (χ3v) is 6.20. The molecule has 0 aromatic heterocycles. The summed E-state index contributed by atoms with van der Waals surface area (Å²) in [6, 6.07) is 9.89. The van der Waals surface area contributed by atoms with Gasteiger partial charge in [0.05, 0.1) is 0 Å². The predicted octanol–water partition coefficient (Wildman–Crippen LogP) is 8.74. The van der Waals surface area contributed by atoms with Gasteiger partial charge in [-0.15, -0.1) is 0 Å². The van der Waals surface area contributed by atoms with Gasteiger partial charge in [0, 0.05) is 17.5 Å². The van der Waals surface area contributed by atoms with Crippen LogP contribution in [0.3, 0.4) is 0 Å². The zero-order valence-electron chi connectivity index (χ0n) is 25.8. The van der Waals surface area contributed by atoms with Crippen molar-refractivity contribution in [3.63, 3.8) is 0 Å². The normalized spacial score (nSPS) is 12.8. The Bertz CT molecular complexity index is 1130. The van der Waals surface area contributed by atoms with E-state index in [-0.39, 0.29) is 28.6 Å². The third kappa shape index (κ3) is 8.89. The molecule has 5 nitrogen and oxygen atoms in total. The lowest BCUT2D eigenvalue weighted by Gasteiger charge is -2.30. The Morgan fingerprint density at radius 3 is 1.61 bits per heavy atom. The van der Waals surface area contributed by atoms with Crippen LogP contribution in [0.4, 0.5) is 4.79 Å². The van der Waals surface area contributed by atoms with Gasteiger partial charge in [-0.25, -0.2) is 4.79 Å². The molecular weight excluding hydrogens is 476 g/mol. The molecule has 0 aliphatic rings. The average molecular weight is 525 g/mol. The fourth-order valence-electron chi connectivity index (χ4n) is 4.38. The maximum Gasteiger partial charge on any atom is 0.514 e. The Kier molecular flexibility index (Phi) is 9.19. The molecule has 0 saturated heterocycles. The lowest BCUT2D eigenvalue weighted by atomic mass is 9.78. The highest BCUT2D eigenvalue weighted by Crippen LogP contribution is 2.41. The first-order chi connectivity index (χ1) is 17.1. The number of rotatable bonds is 5. The van der Waals surface area contributed by atoms with Crippen molar-refractivity contribution >= 4 is 12.1 Å². The van der Waals surface area contributed by atoms with E-state index in [0.717, 1.165) is 22.3 Å². The van der Waals surface area contributed by atoms with Gasteiger partial charge in [-0.3, -0.25) is 4.79 Å². The molecule has 0 unspecified atom stereocenters. The molecule has 0 aliphatic carbocycles. The summed E-state index contributed by atoms with van der Waals surface area (Å²) >= 11 is 0. The van der Waals surface area contributed by atoms with Crippen molar-refractivity contribution in [1.29, 1.82) is 0 Å². The van der Waals surface area contributed by atoms with Crippen LogP contribution in [0.25, 0.3) is 0 Å². The molecule has 0 fully saturated rings. The van der Waals surface area contributed by atoms with Gasteiger partial charge in [0.25, 0.3) is 0 Å². The fourth-order valence-corrected chi connectivity index (χ4v) is 4.38. The van der Waals surface area contributed by atoms with Gasteiger partial charge in [0.1, 0.15) is 17.1 Å². The van der Waals surface area contributed by atoms with Crippen molar-refractivity contribution < 1.29 is 23.8 Å². The molecule has 0 saturated carbocycles. The fraction of sp³-hybridized carbons (Fsp3) is 0.576. The van der Waals surface area contributed by atoms with Crippen LogP contribution in [0.2, 0.25) is 0 Å². The van der Waals surface area contributed by atoms with Crippen molar-refractivity contribution in [3.8, 4) is 11.5 Å². The molecule has 0 radical (unpaired) electrons. The van der Waals surface area contributed by atoms with Crippen molar-refractivity contribution in [1.82, 2.24) is 0 Å². The monoisotopic (exact) mass is 524 g/mol. The quantitative estimate of drug-likeness (QED) is 0.222. The van der Waals surface area contributed by atoms with E-state index in [0.29, 0.717) is 17.9 Å². The lowest BCUT2D eigenvalue weighted by molar-refractivity contribution is -0.134. The second-order valence-corrected chi connectivity index (χ2v) is 14.3. The van der Waals surface area contributed by atoms with E-state index in [2.05, 4.69) is 62.3 Å². The Morgan fingerprint density at radius 1 is 0.684 bits per heavy atom. The summed E-state index contributed by atoms with van der Waals surface area (Å²) in [5, 5.41) is 0. The Labute approximate surface area is 230 Å². The molecule has 0 N–H and O–H groups in total. The van der Waals surface area contributed by atoms with Crippen LogP contribution in [0, 0.1) is 6.92 Å². The molecule has 2 rings (SSSR count). The molecule has 0 aliphatic heterocycles. The van der Waals surface area contributed by atoms with Crippen LogP contribution in [-0.2, 0) is 32.2 Å². The molecule has 5 heteroatoms. The molecule has 0 atom stereocenters. The molecule has 0 amide bonds. The number of benzene rings is 2. The number of esters is 1. The minimum absolute atomic E-state index is 0.0293. The number of carbonyl (C=O) groups excluding carboxylic acids is 2. The maximum atomic E-state index is 12.8. The van der Waals surface area contributed by atoms with Crippen LogP contribution in [0.5, 0.6) is 11.5 Å². The van der Waals surface area contributed by atoms with Gasteiger partial charge in [-0.05, 0) is 79.2 Å². The topological polar surface area (TPSA) is 61.8 Å². The van der Waals surface area contributed by atoms with Gasteiger partial charge >= 0.3 is 12.1 Å². The second kappa shape index (κ2) is 11.1. The number of carbonyl (C=O) groups is 2. The molecular formula is C33H48O5. The first kappa shape index (κ1) is 31.4. The van der Waals surface area contributed by atoms with Gasteiger partial charge in [0.15, 0.2) is 0 Å². The van der Waals surface area contributed by atoms with Gasteiger partial charge in [-0.2, -0.15) is 0 Å². The second-order valence-electron chi connectivity index (χ2n) is 14.3. The van der Waals surface area contributed by atoms with Crippen LogP contribution < -0.4 is 9.47 Å². The Balaban J connectivity index is 2.33. The first-order valence-corrected chi connectivity index (χ1v) is 13.5. The average Bonchev–Trinajstić information content (AvgIpc) is 2.68. The van der Waals surface area contributed by atoms with E-state index in [9.17, 15) is 9.59 Å². The summed E-state index contributed by atoms with van der Waals surface area (Å²) in [5.74, 6) is 0.809. The zero-order chi connectivity index (χ0) is 29.3. The highest BCUT2D eigenvalue weighted by Gasteiger charge is 2.31. The first-order valence-electron chi connectivity index (χ1n) is 13.5. The van der Waals surface area contributed by atoms with Crippen LogP contribution in [0.15, 0.2) is 30.3 Å². The van der Waals surface area contributed by atoms with Gasteiger partial charge < -0.3 is 14.2 Å². The SMILES string of the molecule is Cc1cc(OC(=O)CCc2cc(C(C)(C)C)c(OC(=O)OC(C)(C)C)c(C(C)(C)C)c2)ccc1C(C)(C)C. The van der Waals surface area contributed by atoms with Crippen molar-refractivity contribution in [3.05, 3.63) is 58.1 Å². The molecule has 38 heavy (non-hydrogen) atoms. The molecule has 2 aromatic rings. The highest BCUT2D eigenvalue weighted by molar-refractivity contribution is 5.73. The molecule has 0 spiro atoms. The maximum absolute atomic E-state index is 12.8. The summed E-state index contributed by atoms with van der Waals surface area (Å²) in [6.07, 6.45) is 0.0219. The van der Waals surface area contributed by atoms with E-state index in [1.807, 2.05) is 58.0 Å². The largest absolute Gasteiger partial charge is 0.514 e. The van der Waals surface area contributed by atoms with Crippen molar-refractivity contribution in [2.24, 2.45) is 0 Å². The summed E-state index contributed by atoms with van der Waals surface area (Å²) in [5.41, 5.74) is 3.88. The van der Waals surface area contributed by atoms with Gasteiger partial charge in [0.2, 0.25) is 0 Å². The Morgan fingerprint density at radius 2 is 1.18 bits per heavy atom. The molecule has 2 aromatic carbocycles. The third-order valence-electron chi connectivity index (χ3n) is 6.20. The highest BCUT2D eigenvalue weighted by atomic mass is 16.7. The molecule has 0 bridgehead atoms. The van der Waals surface area contributed by atoms with E-state index >= 15 is 0 Å². The Hall–Kier alpha value is -2.82. The predicted molar refractivity (Wildman–Crippen MR) is 155 cm³/mol. The van der Waals surface area contributed by atoms with Crippen LogP contribution in [0.1, 0.15) is 117 Å². The summed E-state index contributed by atoms with van der Waals surface area (Å²) in [6.45, 7) is 26.5. The minimum Gasteiger partial charge on any atom is -0.428 e. The summed E-state index contributed by atoms with van der Waals surface area (Å²) in [7, 11) is 0. The van der Waals surface area contributed by atoms with E-state index in [1.54, 1.807) is 0 Å².